The number of benzene rings is 1. The van der Waals surface area contributed by atoms with Crippen LogP contribution in [0.3, 0.4) is 0 Å². The molecule has 16 heavy (non-hydrogen) atoms. The quantitative estimate of drug-likeness (QED) is 0.620. The summed E-state index contributed by atoms with van der Waals surface area (Å²) in [6.45, 7) is 0.681. The number of hydrogen-bond acceptors (Lipinski definition) is 6. The maximum absolute atomic E-state index is 5.37. The summed E-state index contributed by atoms with van der Waals surface area (Å²) in [6.07, 6.45) is 0. The number of nitrogens with zero attached hydrogens (tertiary/aromatic N) is 3. The molecule has 2 aromatic rings. The van der Waals surface area contributed by atoms with Crippen molar-refractivity contribution in [2.24, 2.45) is 5.84 Å². The van der Waals surface area contributed by atoms with Crippen molar-refractivity contribution in [1.29, 1.82) is 0 Å². The Bertz CT molecular complexity index is 441. The van der Waals surface area contributed by atoms with Crippen LogP contribution in [-0.4, -0.2) is 16.6 Å². The Hall–Kier alpha value is -1.66. The van der Waals surface area contributed by atoms with Crippen LogP contribution < -0.4 is 16.2 Å². The highest BCUT2D eigenvalue weighted by atomic mass is 32.1. The van der Waals surface area contributed by atoms with E-state index < -0.39 is 0 Å². The summed E-state index contributed by atoms with van der Waals surface area (Å²) >= 11 is 1.26. The van der Waals surface area contributed by atoms with Crippen molar-refractivity contribution in [2.45, 2.75) is 6.54 Å². The van der Waals surface area contributed by atoms with Gasteiger partial charge in [0.05, 0.1) is 6.54 Å². The molecule has 0 aliphatic rings. The highest BCUT2D eigenvalue weighted by Crippen LogP contribution is 2.20. The van der Waals surface area contributed by atoms with Gasteiger partial charge in [-0.2, -0.15) is 0 Å². The molecule has 0 radical (unpaired) electrons. The SMILES string of the molecule is CN(Cc1nnsc1NN)c1ccccc1. The monoisotopic (exact) mass is 235 g/mol. The number of hydrazine groups is 1. The lowest BCUT2D eigenvalue weighted by molar-refractivity contribution is 0.872. The van der Waals surface area contributed by atoms with Crippen LogP contribution in [0.4, 0.5) is 10.7 Å². The number of nitrogens with two attached hydrogens (primary N) is 1. The standard InChI is InChI=1S/C10H13N5S/c1-15(8-5-3-2-4-6-8)7-9-10(12-11)16-14-13-9/h2-6,12H,7,11H2,1H3. The lowest BCUT2D eigenvalue weighted by Crippen LogP contribution is -2.18. The Morgan fingerprint density at radius 2 is 2.12 bits per heavy atom. The predicted octanol–water partition coefficient (Wildman–Crippen LogP) is 1.46. The molecule has 0 unspecified atom stereocenters. The van der Waals surface area contributed by atoms with E-state index in [9.17, 15) is 0 Å². The number of anilines is 2. The van der Waals surface area contributed by atoms with Crippen LogP contribution in [0, 0.1) is 0 Å². The number of hydrogen-bond donors (Lipinski definition) is 2. The van der Waals surface area contributed by atoms with E-state index in [1.54, 1.807) is 0 Å². The van der Waals surface area contributed by atoms with Crippen molar-refractivity contribution < 1.29 is 0 Å². The summed E-state index contributed by atoms with van der Waals surface area (Å²) in [5.41, 5.74) is 4.60. The Kier molecular flexibility index (Phi) is 3.33. The first-order valence-electron chi connectivity index (χ1n) is 4.85. The lowest BCUT2D eigenvalue weighted by Gasteiger charge is -2.18. The smallest absolute Gasteiger partial charge is 0.149 e. The molecule has 1 heterocycles. The highest BCUT2D eigenvalue weighted by Gasteiger charge is 2.09. The number of para-hydroxylation sites is 1. The molecular weight excluding hydrogens is 222 g/mol. The van der Waals surface area contributed by atoms with Crippen LogP contribution in [0.25, 0.3) is 0 Å². The third-order valence-corrected chi connectivity index (χ3v) is 2.97. The average Bonchev–Trinajstić information content (AvgIpc) is 2.77. The van der Waals surface area contributed by atoms with Crippen molar-refractivity contribution >= 4 is 22.2 Å². The minimum Gasteiger partial charge on any atom is -0.368 e. The summed E-state index contributed by atoms with van der Waals surface area (Å²) in [6, 6.07) is 10.1. The number of aromatic nitrogens is 2. The third-order valence-electron chi connectivity index (χ3n) is 2.27. The first-order chi connectivity index (χ1) is 7.81. The Labute approximate surface area is 98.0 Å². The molecule has 0 aliphatic heterocycles. The van der Waals surface area contributed by atoms with E-state index in [1.807, 2.05) is 25.2 Å². The van der Waals surface area contributed by atoms with Gasteiger partial charge < -0.3 is 10.3 Å². The van der Waals surface area contributed by atoms with Gasteiger partial charge in [0.2, 0.25) is 0 Å². The molecule has 1 aromatic heterocycles. The second-order valence-electron chi connectivity index (χ2n) is 3.38. The van der Waals surface area contributed by atoms with Gasteiger partial charge in [-0.3, -0.25) is 0 Å². The zero-order chi connectivity index (χ0) is 11.4. The third kappa shape index (κ3) is 2.29. The molecule has 1 aromatic carbocycles. The molecular formula is C10H13N5S. The minimum atomic E-state index is 0.681. The van der Waals surface area contributed by atoms with E-state index in [4.69, 9.17) is 5.84 Å². The normalized spacial score (nSPS) is 10.1. The molecule has 0 saturated carbocycles. The maximum atomic E-state index is 5.37. The Balaban J connectivity index is 2.11. The van der Waals surface area contributed by atoms with Crippen molar-refractivity contribution in [3.8, 4) is 0 Å². The molecule has 2 rings (SSSR count). The van der Waals surface area contributed by atoms with Gasteiger partial charge >= 0.3 is 0 Å². The van der Waals surface area contributed by atoms with Gasteiger partial charge in [-0.1, -0.05) is 22.7 Å². The highest BCUT2D eigenvalue weighted by molar-refractivity contribution is 7.10. The number of nitrogens with one attached hydrogen (secondary N) is 1. The average molecular weight is 235 g/mol. The van der Waals surface area contributed by atoms with Crippen molar-refractivity contribution in [3.05, 3.63) is 36.0 Å². The summed E-state index contributed by atoms with van der Waals surface area (Å²) in [5, 5.41) is 4.84. The van der Waals surface area contributed by atoms with Gasteiger partial charge in [0.25, 0.3) is 0 Å². The van der Waals surface area contributed by atoms with E-state index in [0.29, 0.717) is 6.54 Å². The van der Waals surface area contributed by atoms with Crippen molar-refractivity contribution in [2.75, 3.05) is 17.4 Å². The summed E-state index contributed by atoms with van der Waals surface area (Å²) in [7, 11) is 2.01. The maximum Gasteiger partial charge on any atom is 0.149 e. The minimum absolute atomic E-state index is 0.681. The summed E-state index contributed by atoms with van der Waals surface area (Å²) < 4.78 is 3.86. The molecule has 5 nitrogen and oxygen atoms in total. The Morgan fingerprint density at radius 1 is 1.38 bits per heavy atom. The van der Waals surface area contributed by atoms with E-state index in [1.165, 1.54) is 11.5 Å². The second kappa shape index (κ2) is 4.91. The first kappa shape index (κ1) is 10.8. The van der Waals surface area contributed by atoms with Crippen molar-refractivity contribution in [3.63, 3.8) is 0 Å². The Morgan fingerprint density at radius 3 is 2.81 bits per heavy atom. The molecule has 0 atom stereocenters. The fraction of sp³-hybridized carbons (Fsp3) is 0.200. The molecule has 84 valence electrons. The first-order valence-corrected chi connectivity index (χ1v) is 5.62. The van der Waals surface area contributed by atoms with Crippen LogP contribution in [-0.2, 0) is 6.54 Å². The fourth-order valence-electron chi connectivity index (χ4n) is 1.42. The van der Waals surface area contributed by atoms with Crippen molar-refractivity contribution in [1.82, 2.24) is 9.59 Å². The van der Waals surface area contributed by atoms with Gasteiger partial charge in [-0.15, -0.1) is 5.10 Å². The lowest BCUT2D eigenvalue weighted by atomic mass is 10.3. The number of rotatable bonds is 4. The van der Waals surface area contributed by atoms with E-state index >= 15 is 0 Å². The summed E-state index contributed by atoms with van der Waals surface area (Å²) in [5.74, 6) is 5.37. The van der Waals surface area contributed by atoms with Gasteiger partial charge in [0.15, 0.2) is 0 Å². The molecule has 0 aliphatic carbocycles. The molecule has 0 fully saturated rings. The molecule has 0 amide bonds. The van der Waals surface area contributed by atoms with E-state index in [-0.39, 0.29) is 0 Å². The van der Waals surface area contributed by atoms with Crippen LogP contribution in [0.5, 0.6) is 0 Å². The van der Waals surface area contributed by atoms with Crippen LogP contribution in [0.1, 0.15) is 5.69 Å². The molecule has 0 bridgehead atoms. The molecule has 0 saturated heterocycles. The topological polar surface area (TPSA) is 67.1 Å². The fourth-order valence-corrected chi connectivity index (χ4v) is 1.90. The van der Waals surface area contributed by atoms with E-state index in [0.717, 1.165) is 16.4 Å². The largest absolute Gasteiger partial charge is 0.368 e. The van der Waals surface area contributed by atoms with Crippen LogP contribution in [0.2, 0.25) is 0 Å². The van der Waals surface area contributed by atoms with Crippen LogP contribution in [0.15, 0.2) is 30.3 Å². The zero-order valence-corrected chi connectivity index (χ0v) is 9.74. The summed E-state index contributed by atoms with van der Waals surface area (Å²) in [4.78, 5) is 2.09. The van der Waals surface area contributed by atoms with Gasteiger partial charge in [-0.05, 0) is 12.1 Å². The second-order valence-corrected chi connectivity index (χ2v) is 4.14. The van der Waals surface area contributed by atoms with Gasteiger partial charge in [0.1, 0.15) is 10.7 Å². The van der Waals surface area contributed by atoms with Gasteiger partial charge in [-0.25, -0.2) is 5.84 Å². The van der Waals surface area contributed by atoms with Crippen LogP contribution >= 0.6 is 11.5 Å². The predicted molar refractivity (Wildman–Crippen MR) is 66.3 cm³/mol. The van der Waals surface area contributed by atoms with Gasteiger partial charge in [0, 0.05) is 24.3 Å². The molecule has 0 spiro atoms. The molecule has 3 N–H and O–H groups in total. The number of nitrogen functional groups attached to an aromatic ring is 1. The van der Waals surface area contributed by atoms with E-state index in [2.05, 4.69) is 32.0 Å². The molecule has 6 heteroatoms. The zero-order valence-electron chi connectivity index (χ0n) is 8.92.